The SMILES string of the molecule is CCC(CC)C(=O)N1CCC(NC(=NC)NCC2(Sc3ccccc3)CC2)CC1.I. The van der Waals surface area contributed by atoms with Crippen molar-refractivity contribution >= 4 is 47.6 Å². The number of amides is 1. The first-order valence-corrected chi connectivity index (χ1v) is 11.9. The molecule has 0 aromatic heterocycles. The number of rotatable bonds is 8. The molecule has 2 N–H and O–H groups in total. The first-order valence-electron chi connectivity index (χ1n) is 11.1. The number of carbonyl (C=O) groups excluding carboxylic acids is 1. The number of piperidine rings is 1. The van der Waals surface area contributed by atoms with E-state index < -0.39 is 0 Å². The summed E-state index contributed by atoms with van der Waals surface area (Å²) >= 11 is 1.98. The summed E-state index contributed by atoms with van der Waals surface area (Å²) in [4.78, 5) is 20.4. The van der Waals surface area contributed by atoms with E-state index in [1.54, 1.807) is 0 Å². The highest BCUT2D eigenvalue weighted by Gasteiger charge is 2.43. The van der Waals surface area contributed by atoms with Crippen molar-refractivity contribution in [3.8, 4) is 0 Å². The Labute approximate surface area is 203 Å². The minimum Gasteiger partial charge on any atom is -0.355 e. The lowest BCUT2D eigenvalue weighted by atomic mass is 9.98. The molecule has 1 aliphatic heterocycles. The highest BCUT2D eigenvalue weighted by Crippen LogP contribution is 2.51. The van der Waals surface area contributed by atoms with Gasteiger partial charge in [-0.15, -0.1) is 35.7 Å². The maximum absolute atomic E-state index is 12.6. The van der Waals surface area contributed by atoms with Crippen LogP contribution in [0, 0.1) is 5.92 Å². The van der Waals surface area contributed by atoms with Gasteiger partial charge in [0.1, 0.15) is 0 Å². The molecule has 0 radical (unpaired) electrons. The maximum Gasteiger partial charge on any atom is 0.225 e. The van der Waals surface area contributed by atoms with E-state index in [0.29, 0.717) is 16.7 Å². The molecule has 1 aliphatic carbocycles. The summed E-state index contributed by atoms with van der Waals surface area (Å²) in [6, 6.07) is 11.0. The molecule has 2 aliphatic rings. The molecule has 168 valence electrons. The fraction of sp³-hybridized carbons (Fsp3) is 0.652. The van der Waals surface area contributed by atoms with Crippen LogP contribution < -0.4 is 10.6 Å². The van der Waals surface area contributed by atoms with Gasteiger partial charge in [-0.2, -0.15) is 0 Å². The van der Waals surface area contributed by atoms with Crippen LogP contribution in [0.5, 0.6) is 0 Å². The van der Waals surface area contributed by atoms with Crippen molar-refractivity contribution in [3.05, 3.63) is 30.3 Å². The van der Waals surface area contributed by atoms with E-state index in [1.165, 1.54) is 17.7 Å². The number of benzene rings is 1. The zero-order chi connectivity index (χ0) is 20.7. The molecule has 0 bridgehead atoms. The third kappa shape index (κ3) is 7.04. The van der Waals surface area contributed by atoms with Crippen molar-refractivity contribution in [1.82, 2.24) is 15.5 Å². The van der Waals surface area contributed by atoms with Crippen LogP contribution in [0.25, 0.3) is 0 Å². The second-order valence-electron chi connectivity index (χ2n) is 8.28. The Hall–Kier alpha value is -0.960. The van der Waals surface area contributed by atoms with E-state index in [4.69, 9.17) is 0 Å². The normalized spacial score (nSPS) is 18.7. The summed E-state index contributed by atoms with van der Waals surface area (Å²) in [7, 11) is 1.84. The first-order chi connectivity index (χ1) is 14.1. The second kappa shape index (κ2) is 12.2. The number of carbonyl (C=O) groups is 1. The number of hydrogen-bond acceptors (Lipinski definition) is 3. The number of nitrogens with zero attached hydrogens (tertiary/aromatic N) is 2. The second-order valence-corrected chi connectivity index (χ2v) is 9.82. The highest BCUT2D eigenvalue weighted by molar-refractivity contribution is 14.0. The summed E-state index contributed by atoms with van der Waals surface area (Å²) in [5, 5.41) is 7.13. The molecule has 1 aromatic rings. The van der Waals surface area contributed by atoms with E-state index in [1.807, 2.05) is 18.8 Å². The third-order valence-corrected chi connectivity index (χ3v) is 7.66. The number of hydrogen-bond donors (Lipinski definition) is 2. The molecular weight excluding hydrogens is 507 g/mol. The minimum absolute atomic E-state index is 0. The zero-order valence-corrected chi connectivity index (χ0v) is 21.7. The van der Waals surface area contributed by atoms with Crippen LogP contribution in [-0.4, -0.2) is 54.2 Å². The molecule has 0 spiro atoms. The van der Waals surface area contributed by atoms with E-state index in [0.717, 1.165) is 51.3 Å². The average molecular weight is 545 g/mol. The quantitative estimate of drug-likeness (QED) is 0.287. The van der Waals surface area contributed by atoms with Crippen LogP contribution in [-0.2, 0) is 4.79 Å². The lowest BCUT2D eigenvalue weighted by molar-refractivity contribution is -0.136. The fourth-order valence-corrected chi connectivity index (χ4v) is 5.21. The van der Waals surface area contributed by atoms with Crippen molar-refractivity contribution < 1.29 is 4.79 Å². The Kier molecular flexibility index (Phi) is 10.3. The number of thioether (sulfide) groups is 1. The highest BCUT2D eigenvalue weighted by atomic mass is 127. The standard InChI is InChI=1S/C23H36N4OS.HI/c1-4-18(5-2)21(28)27-15-11-19(12-16-27)26-22(24-3)25-17-23(13-14-23)29-20-9-7-6-8-10-20;/h6-10,18-19H,4-5,11-17H2,1-3H3,(H2,24,25,26);1H. The van der Waals surface area contributed by atoms with Gasteiger partial charge in [0.2, 0.25) is 5.91 Å². The molecule has 0 atom stereocenters. The van der Waals surface area contributed by atoms with Gasteiger partial charge in [0.25, 0.3) is 0 Å². The number of guanidine groups is 1. The monoisotopic (exact) mass is 544 g/mol. The largest absolute Gasteiger partial charge is 0.355 e. The topological polar surface area (TPSA) is 56.7 Å². The van der Waals surface area contributed by atoms with Gasteiger partial charge in [0.05, 0.1) is 0 Å². The van der Waals surface area contributed by atoms with E-state index in [-0.39, 0.29) is 29.9 Å². The number of halogens is 1. The predicted octanol–water partition coefficient (Wildman–Crippen LogP) is 4.52. The van der Waals surface area contributed by atoms with Crippen LogP contribution in [0.4, 0.5) is 0 Å². The molecule has 5 nitrogen and oxygen atoms in total. The van der Waals surface area contributed by atoms with Crippen LogP contribution in [0.3, 0.4) is 0 Å². The molecule has 30 heavy (non-hydrogen) atoms. The Morgan fingerprint density at radius 1 is 1.20 bits per heavy atom. The average Bonchev–Trinajstić information content (AvgIpc) is 3.52. The van der Waals surface area contributed by atoms with Crippen molar-refractivity contribution in [2.75, 3.05) is 26.7 Å². The summed E-state index contributed by atoms with van der Waals surface area (Å²) < 4.78 is 0.296. The van der Waals surface area contributed by atoms with Crippen LogP contribution in [0.2, 0.25) is 0 Å². The van der Waals surface area contributed by atoms with Gasteiger partial charge < -0.3 is 15.5 Å². The maximum atomic E-state index is 12.6. The van der Waals surface area contributed by atoms with E-state index in [2.05, 4.69) is 64.7 Å². The lowest BCUT2D eigenvalue weighted by Crippen LogP contribution is -2.51. The minimum atomic E-state index is 0. The Bertz CT molecular complexity index is 684. The van der Waals surface area contributed by atoms with Gasteiger partial charge >= 0.3 is 0 Å². The number of aliphatic imine (C=N–C) groups is 1. The smallest absolute Gasteiger partial charge is 0.225 e. The number of likely N-dealkylation sites (tertiary alicyclic amines) is 1. The van der Waals surface area contributed by atoms with Crippen LogP contribution >= 0.6 is 35.7 Å². The summed E-state index contributed by atoms with van der Waals surface area (Å²) in [5.41, 5.74) is 0. The Morgan fingerprint density at radius 3 is 2.37 bits per heavy atom. The Morgan fingerprint density at radius 2 is 1.83 bits per heavy atom. The van der Waals surface area contributed by atoms with Crippen LogP contribution in [0.1, 0.15) is 52.4 Å². The van der Waals surface area contributed by atoms with E-state index in [9.17, 15) is 4.79 Å². The Balaban J connectivity index is 0.00000320. The molecule has 1 saturated carbocycles. The summed E-state index contributed by atoms with van der Waals surface area (Å²) in [6.45, 7) is 6.84. The molecule has 1 saturated heterocycles. The number of nitrogens with one attached hydrogen (secondary N) is 2. The molecule has 0 unspecified atom stereocenters. The molecule has 1 heterocycles. The first kappa shape index (κ1) is 25.3. The van der Waals surface area contributed by atoms with Gasteiger partial charge in [-0.1, -0.05) is 32.0 Å². The molecule has 2 fully saturated rings. The molecule has 3 rings (SSSR count). The molecule has 1 aromatic carbocycles. The zero-order valence-electron chi connectivity index (χ0n) is 18.5. The fourth-order valence-electron chi connectivity index (χ4n) is 3.97. The molecular formula is C23H37IN4OS. The van der Waals surface area contributed by atoms with Gasteiger partial charge in [-0.3, -0.25) is 9.79 Å². The van der Waals surface area contributed by atoms with Crippen molar-refractivity contribution in [1.29, 1.82) is 0 Å². The van der Waals surface area contributed by atoms with Gasteiger partial charge in [0.15, 0.2) is 5.96 Å². The van der Waals surface area contributed by atoms with Gasteiger partial charge in [-0.05, 0) is 50.7 Å². The van der Waals surface area contributed by atoms with Crippen molar-refractivity contribution in [2.45, 2.75) is 68.1 Å². The van der Waals surface area contributed by atoms with Crippen molar-refractivity contribution in [2.24, 2.45) is 10.9 Å². The molecule has 7 heteroatoms. The summed E-state index contributed by atoms with van der Waals surface area (Å²) in [5.74, 6) is 1.41. The van der Waals surface area contributed by atoms with E-state index >= 15 is 0 Å². The van der Waals surface area contributed by atoms with Crippen LogP contribution in [0.15, 0.2) is 40.2 Å². The summed E-state index contributed by atoms with van der Waals surface area (Å²) in [6.07, 6.45) is 6.33. The van der Waals surface area contributed by atoms with Gasteiger partial charge in [0, 0.05) is 48.3 Å². The lowest BCUT2D eigenvalue weighted by Gasteiger charge is -2.35. The molecule has 1 amide bonds. The predicted molar refractivity (Wildman–Crippen MR) is 138 cm³/mol. The van der Waals surface area contributed by atoms with Gasteiger partial charge in [-0.25, -0.2) is 0 Å². The third-order valence-electron chi connectivity index (χ3n) is 6.17. The van der Waals surface area contributed by atoms with Crippen molar-refractivity contribution in [3.63, 3.8) is 0 Å².